The van der Waals surface area contributed by atoms with Crippen LogP contribution in [0.15, 0.2) is 24.3 Å². The molecule has 4 rings (SSSR count). The summed E-state index contributed by atoms with van der Waals surface area (Å²) in [6, 6.07) is 6.42. The molecule has 1 aromatic rings. The minimum Gasteiger partial charge on any atom is -0.444 e. The molecule has 3 aliphatic heterocycles. The Morgan fingerprint density at radius 2 is 1.83 bits per heavy atom. The minimum atomic E-state index is -0.617. The Hall–Kier alpha value is -2.53. The van der Waals surface area contributed by atoms with E-state index in [-0.39, 0.29) is 23.7 Å². The van der Waals surface area contributed by atoms with Crippen LogP contribution in [0.4, 0.5) is 16.2 Å². The molecule has 3 saturated heterocycles. The van der Waals surface area contributed by atoms with E-state index in [1.165, 1.54) is 12.1 Å². The molecule has 35 heavy (non-hydrogen) atoms. The number of ether oxygens (including phenoxy) is 1. The first-order valence-electron chi connectivity index (χ1n) is 12.2. The van der Waals surface area contributed by atoms with Crippen molar-refractivity contribution in [3.05, 3.63) is 34.4 Å². The Kier molecular flexibility index (Phi) is 7.75. The first-order valence-corrected chi connectivity index (χ1v) is 13.4. The summed E-state index contributed by atoms with van der Waals surface area (Å²) in [5.74, 6) is 1.64. The smallest absolute Gasteiger partial charge is 0.411 e. The summed E-state index contributed by atoms with van der Waals surface area (Å²) in [6.07, 6.45) is 2.04. The number of benzene rings is 1. The molecule has 0 aromatic heterocycles. The third-order valence-corrected chi connectivity index (χ3v) is 7.72. The highest BCUT2D eigenvalue weighted by molar-refractivity contribution is 7.99. The molecule has 3 fully saturated rings. The number of amides is 2. The van der Waals surface area contributed by atoms with Gasteiger partial charge < -0.3 is 15.0 Å². The van der Waals surface area contributed by atoms with Crippen LogP contribution in [0.2, 0.25) is 0 Å². The van der Waals surface area contributed by atoms with Crippen molar-refractivity contribution >= 4 is 35.1 Å². The molecular weight excluding hydrogens is 470 g/mol. The largest absolute Gasteiger partial charge is 0.444 e. The standard InChI is InChI=1S/C24H35N5O5S/c1-24(2,3)34-23(31)28-15-20(14-21(28)22(30)27-12-13-35-16-27)26-10-8-18(9-11-26)25-17-4-6-19(7-5-17)29(32)33/h4-7,18,20-21,25H,8-16H2,1-3H3/t20-,21-/m0/s1. The van der Waals surface area contributed by atoms with Crippen LogP contribution in [0.5, 0.6) is 0 Å². The second-order valence-corrected chi connectivity index (χ2v) is 11.5. The second-order valence-electron chi connectivity index (χ2n) is 10.4. The highest BCUT2D eigenvalue weighted by Crippen LogP contribution is 2.30. The van der Waals surface area contributed by atoms with Crippen LogP contribution in [-0.4, -0.2) is 93.2 Å². The molecule has 1 aromatic carbocycles. The van der Waals surface area contributed by atoms with E-state index in [9.17, 15) is 19.7 Å². The summed E-state index contributed by atoms with van der Waals surface area (Å²) in [4.78, 5) is 42.6. The molecule has 0 unspecified atom stereocenters. The zero-order valence-electron chi connectivity index (χ0n) is 20.6. The first-order chi connectivity index (χ1) is 16.6. The number of nitrogens with zero attached hydrogens (tertiary/aromatic N) is 4. The minimum absolute atomic E-state index is 0.0260. The molecule has 2 amide bonds. The number of nitro groups is 1. The number of anilines is 1. The molecule has 3 heterocycles. The van der Waals surface area contributed by atoms with Crippen LogP contribution in [0.1, 0.15) is 40.0 Å². The van der Waals surface area contributed by atoms with Gasteiger partial charge in [-0.15, -0.1) is 11.8 Å². The average Bonchev–Trinajstić information content (AvgIpc) is 3.49. The van der Waals surface area contributed by atoms with Gasteiger partial charge in [0.25, 0.3) is 5.69 Å². The fourth-order valence-electron chi connectivity index (χ4n) is 4.96. The van der Waals surface area contributed by atoms with Crippen LogP contribution in [0, 0.1) is 10.1 Å². The fourth-order valence-corrected chi connectivity index (χ4v) is 5.91. The summed E-state index contributed by atoms with van der Waals surface area (Å²) in [5.41, 5.74) is 0.339. The first kappa shape index (κ1) is 25.6. The Bertz CT molecular complexity index is 923. The number of thioether (sulfide) groups is 1. The SMILES string of the molecule is CC(C)(C)OC(=O)N1C[C@@H](N2CCC(Nc3ccc([N+](=O)[O-])cc3)CC2)C[C@H]1C(=O)N1CCSC1. The molecule has 0 bridgehead atoms. The van der Waals surface area contributed by atoms with Crippen molar-refractivity contribution in [1.29, 1.82) is 0 Å². The third kappa shape index (κ3) is 6.38. The molecule has 1 N–H and O–H groups in total. The molecule has 192 valence electrons. The van der Waals surface area contributed by atoms with Crippen molar-refractivity contribution < 1.29 is 19.2 Å². The topological polar surface area (TPSA) is 108 Å². The summed E-state index contributed by atoms with van der Waals surface area (Å²) >= 11 is 1.74. The van der Waals surface area contributed by atoms with Crippen LogP contribution in [0.3, 0.4) is 0 Å². The van der Waals surface area contributed by atoms with Gasteiger partial charge in [0.1, 0.15) is 11.6 Å². The maximum absolute atomic E-state index is 13.3. The van der Waals surface area contributed by atoms with Gasteiger partial charge in [-0.25, -0.2) is 4.79 Å². The normalized spacial score (nSPS) is 24.0. The van der Waals surface area contributed by atoms with Crippen molar-refractivity contribution in [3.8, 4) is 0 Å². The van der Waals surface area contributed by atoms with E-state index in [1.807, 2.05) is 25.7 Å². The molecule has 10 nitrogen and oxygen atoms in total. The van der Waals surface area contributed by atoms with Crippen molar-refractivity contribution in [1.82, 2.24) is 14.7 Å². The molecular formula is C24H35N5O5S. The number of nitrogens with one attached hydrogen (secondary N) is 1. The fraction of sp³-hybridized carbons (Fsp3) is 0.667. The van der Waals surface area contributed by atoms with Gasteiger partial charge >= 0.3 is 6.09 Å². The summed E-state index contributed by atoms with van der Waals surface area (Å²) in [6.45, 7) is 8.47. The molecule has 0 radical (unpaired) electrons. The van der Waals surface area contributed by atoms with Gasteiger partial charge in [-0.05, 0) is 52.2 Å². The number of hydrogen-bond acceptors (Lipinski definition) is 8. The van der Waals surface area contributed by atoms with E-state index >= 15 is 0 Å². The number of carbonyl (C=O) groups is 2. The van der Waals surface area contributed by atoms with E-state index in [1.54, 1.807) is 28.8 Å². The maximum Gasteiger partial charge on any atom is 0.411 e. The highest BCUT2D eigenvalue weighted by Gasteiger charge is 2.45. The van der Waals surface area contributed by atoms with E-state index in [0.717, 1.165) is 43.9 Å². The van der Waals surface area contributed by atoms with Crippen molar-refractivity contribution in [2.45, 2.75) is 63.8 Å². The zero-order valence-corrected chi connectivity index (χ0v) is 21.5. The van der Waals surface area contributed by atoms with E-state index < -0.39 is 22.7 Å². The number of rotatable bonds is 5. The summed E-state index contributed by atoms with van der Waals surface area (Å²) < 4.78 is 5.65. The maximum atomic E-state index is 13.3. The number of non-ortho nitro benzene ring substituents is 1. The molecule has 11 heteroatoms. The quantitative estimate of drug-likeness (QED) is 0.479. The Labute approximate surface area is 210 Å². The lowest BCUT2D eigenvalue weighted by Gasteiger charge is -2.36. The van der Waals surface area contributed by atoms with Gasteiger partial charge in [0.05, 0.1) is 10.8 Å². The lowest BCUT2D eigenvalue weighted by Crippen LogP contribution is -2.48. The van der Waals surface area contributed by atoms with Crippen molar-refractivity contribution in [3.63, 3.8) is 0 Å². The Balaban J connectivity index is 1.36. The van der Waals surface area contributed by atoms with Gasteiger partial charge in [-0.2, -0.15) is 0 Å². The third-order valence-electron chi connectivity index (χ3n) is 6.75. The zero-order chi connectivity index (χ0) is 25.2. The summed E-state index contributed by atoms with van der Waals surface area (Å²) in [7, 11) is 0. The number of likely N-dealkylation sites (tertiary alicyclic amines) is 2. The predicted octanol–water partition coefficient (Wildman–Crippen LogP) is 3.38. The van der Waals surface area contributed by atoms with Crippen LogP contribution < -0.4 is 5.32 Å². The predicted molar refractivity (Wildman–Crippen MR) is 135 cm³/mol. The van der Waals surface area contributed by atoms with Crippen LogP contribution >= 0.6 is 11.8 Å². The molecule has 0 aliphatic carbocycles. The van der Waals surface area contributed by atoms with Gasteiger partial charge in [0, 0.05) is 61.8 Å². The number of nitro benzene ring substituents is 1. The van der Waals surface area contributed by atoms with Gasteiger partial charge in [-0.3, -0.25) is 24.7 Å². The lowest BCUT2D eigenvalue weighted by molar-refractivity contribution is -0.384. The number of piperidine rings is 1. The number of hydrogen-bond donors (Lipinski definition) is 1. The highest BCUT2D eigenvalue weighted by atomic mass is 32.2. The second kappa shape index (κ2) is 10.6. The van der Waals surface area contributed by atoms with E-state index in [4.69, 9.17) is 4.74 Å². The number of carbonyl (C=O) groups excluding carboxylic acids is 2. The van der Waals surface area contributed by atoms with Crippen molar-refractivity contribution in [2.24, 2.45) is 0 Å². The molecule has 3 aliphatic rings. The van der Waals surface area contributed by atoms with Gasteiger partial charge in [-0.1, -0.05) is 0 Å². The van der Waals surface area contributed by atoms with E-state index in [0.29, 0.717) is 18.8 Å². The monoisotopic (exact) mass is 505 g/mol. The Morgan fingerprint density at radius 1 is 1.14 bits per heavy atom. The molecule has 0 saturated carbocycles. The molecule has 0 spiro atoms. The van der Waals surface area contributed by atoms with Crippen molar-refractivity contribution in [2.75, 3.05) is 43.1 Å². The average molecular weight is 506 g/mol. The van der Waals surface area contributed by atoms with Crippen LogP contribution in [-0.2, 0) is 9.53 Å². The van der Waals surface area contributed by atoms with Gasteiger partial charge in [0.2, 0.25) is 5.91 Å². The molecule has 2 atom stereocenters. The lowest BCUT2D eigenvalue weighted by atomic mass is 10.0. The van der Waals surface area contributed by atoms with E-state index in [2.05, 4.69) is 10.2 Å². The van der Waals surface area contributed by atoms with Crippen LogP contribution in [0.25, 0.3) is 0 Å². The summed E-state index contributed by atoms with van der Waals surface area (Å²) in [5, 5.41) is 14.3. The Morgan fingerprint density at radius 3 is 2.40 bits per heavy atom. The van der Waals surface area contributed by atoms with Gasteiger partial charge in [0.15, 0.2) is 0 Å².